The topological polar surface area (TPSA) is 46.5 Å². The Bertz CT molecular complexity index is 501. The lowest BCUT2D eigenvalue weighted by molar-refractivity contribution is -0.137. The van der Waals surface area contributed by atoms with Crippen LogP contribution >= 0.6 is 0 Å². The van der Waals surface area contributed by atoms with Gasteiger partial charge in [0.15, 0.2) is 0 Å². The second-order valence-electron chi connectivity index (χ2n) is 5.49. The molecule has 0 heterocycles. The van der Waals surface area contributed by atoms with Crippen molar-refractivity contribution >= 4 is 5.97 Å². The van der Waals surface area contributed by atoms with Gasteiger partial charge in [-0.15, -0.1) is 0 Å². The maximum atomic E-state index is 11.0. The quantitative estimate of drug-likeness (QED) is 0.888. The number of ether oxygens (including phenoxy) is 1. The molecule has 1 saturated carbocycles. The summed E-state index contributed by atoms with van der Waals surface area (Å²) in [5.74, 6) is 0.249. The van der Waals surface area contributed by atoms with Gasteiger partial charge in [-0.25, -0.2) is 0 Å². The monoisotopic (exact) mass is 246 g/mol. The molecule has 0 atom stereocenters. The van der Waals surface area contributed by atoms with Gasteiger partial charge in [0, 0.05) is 11.0 Å². The summed E-state index contributed by atoms with van der Waals surface area (Å²) in [5.41, 5.74) is 3.65. The van der Waals surface area contributed by atoms with E-state index >= 15 is 0 Å². The van der Waals surface area contributed by atoms with Crippen molar-refractivity contribution < 1.29 is 14.6 Å². The third-order valence-corrected chi connectivity index (χ3v) is 4.35. The summed E-state index contributed by atoms with van der Waals surface area (Å²) < 4.78 is 5.60. The van der Waals surface area contributed by atoms with Crippen molar-refractivity contribution in [1.82, 2.24) is 0 Å². The number of hydrogen-bond donors (Lipinski definition) is 1. The third-order valence-electron chi connectivity index (χ3n) is 4.35. The summed E-state index contributed by atoms with van der Waals surface area (Å²) in [6, 6.07) is 4.26. The Morgan fingerprint density at radius 2 is 2.17 bits per heavy atom. The molecular formula is C15H18O3. The van der Waals surface area contributed by atoms with Crippen molar-refractivity contribution in [3.8, 4) is 5.75 Å². The van der Waals surface area contributed by atoms with Crippen molar-refractivity contribution in [3.05, 3.63) is 28.8 Å². The number of carboxylic acids is 1. The molecule has 0 aliphatic heterocycles. The fourth-order valence-electron chi connectivity index (χ4n) is 3.26. The largest absolute Gasteiger partial charge is 0.496 e. The molecule has 1 N–H and O–H groups in total. The van der Waals surface area contributed by atoms with E-state index < -0.39 is 5.97 Å². The molecule has 0 radical (unpaired) electrons. The zero-order valence-corrected chi connectivity index (χ0v) is 10.7. The molecule has 3 rings (SSSR count). The van der Waals surface area contributed by atoms with Crippen LogP contribution in [0, 0.1) is 0 Å². The number of hydrogen-bond acceptors (Lipinski definition) is 2. The molecule has 0 unspecified atom stereocenters. The van der Waals surface area contributed by atoms with Crippen LogP contribution in [-0.4, -0.2) is 18.2 Å². The summed E-state index contributed by atoms with van der Waals surface area (Å²) in [7, 11) is 1.70. The molecule has 0 bridgehead atoms. The lowest BCUT2D eigenvalue weighted by Gasteiger charge is -2.19. The van der Waals surface area contributed by atoms with E-state index in [0.717, 1.165) is 37.0 Å². The highest BCUT2D eigenvalue weighted by Crippen LogP contribution is 2.55. The minimum Gasteiger partial charge on any atom is -0.496 e. The summed E-state index contributed by atoms with van der Waals surface area (Å²) >= 11 is 0. The fourth-order valence-corrected chi connectivity index (χ4v) is 3.26. The maximum absolute atomic E-state index is 11.0. The average molecular weight is 246 g/mol. The van der Waals surface area contributed by atoms with Crippen molar-refractivity contribution in [2.45, 2.75) is 43.9 Å². The predicted octanol–water partition coefficient (Wildman–Crippen LogP) is 2.69. The summed E-state index contributed by atoms with van der Waals surface area (Å²) in [6.07, 6.45) is 5.53. The molecule has 2 aliphatic rings. The number of methoxy groups -OCH3 is 1. The number of aliphatic carboxylic acids is 1. The maximum Gasteiger partial charge on any atom is 0.304 e. The van der Waals surface area contributed by atoms with Gasteiger partial charge < -0.3 is 9.84 Å². The van der Waals surface area contributed by atoms with Gasteiger partial charge in [0.25, 0.3) is 0 Å². The molecule has 96 valence electrons. The zero-order chi connectivity index (χ0) is 12.8. The first-order chi connectivity index (χ1) is 8.66. The van der Waals surface area contributed by atoms with Crippen molar-refractivity contribution in [2.24, 2.45) is 0 Å². The van der Waals surface area contributed by atoms with Gasteiger partial charge in [0.1, 0.15) is 5.75 Å². The molecule has 3 heteroatoms. The van der Waals surface area contributed by atoms with E-state index in [1.165, 1.54) is 17.5 Å². The van der Waals surface area contributed by atoms with Crippen LogP contribution in [0.2, 0.25) is 0 Å². The number of aryl methyl sites for hydroxylation is 1. The summed E-state index contributed by atoms with van der Waals surface area (Å²) in [4.78, 5) is 11.0. The van der Waals surface area contributed by atoms with Gasteiger partial charge in [-0.2, -0.15) is 0 Å². The Morgan fingerprint density at radius 3 is 2.78 bits per heavy atom. The van der Waals surface area contributed by atoms with E-state index in [4.69, 9.17) is 9.84 Å². The molecule has 2 aliphatic carbocycles. The summed E-state index contributed by atoms with van der Waals surface area (Å²) in [6.45, 7) is 0. The number of benzene rings is 1. The average Bonchev–Trinajstić information content (AvgIpc) is 2.94. The Hall–Kier alpha value is -1.51. The van der Waals surface area contributed by atoms with Crippen LogP contribution in [0.5, 0.6) is 5.75 Å². The predicted molar refractivity (Wildman–Crippen MR) is 68.2 cm³/mol. The molecule has 1 aromatic carbocycles. The Labute approximate surface area is 107 Å². The first kappa shape index (κ1) is 11.6. The van der Waals surface area contributed by atoms with Gasteiger partial charge in [-0.3, -0.25) is 4.79 Å². The van der Waals surface area contributed by atoms with E-state index in [0.29, 0.717) is 0 Å². The first-order valence-electron chi connectivity index (χ1n) is 6.57. The first-order valence-corrected chi connectivity index (χ1v) is 6.57. The van der Waals surface area contributed by atoms with Gasteiger partial charge in [0.2, 0.25) is 0 Å². The van der Waals surface area contributed by atoms with Crippen LogP contribution in [0.25, 0.3) is 0 Å². The molecule has 0 spiro atoms. The highest BCUT2D eigenvalue weighted by Gasteiger charge is 2.48. The Balaban J connectivity index is 2.05. The van der Waals surface area contributed by atoms with E-state index in [-0.39, 0.29) is 11.8 Å². The standard InChI is InChI=1S/C15H18O3/c1-18-14-11-4-2-3-10(11)5-6-12(14)15(7-8-15)9-13(16)17/h5-6H,2-4,7-9H2,1H3,(H,16,17). The second kappa shape index (κ2) is 4.01. The van der Waals surface area contributed by atoms with E-state index in [9.17, 15) is 4.79 Å². The van der Waals surface area contributed by atoms with Gasteiger partial charge >= 0.3 is 5.97 Å². The number of carboxylic acid groups (broad SMARTS) is 1. The molecule has 3 nitrogen and oxygen atoms in total. The van der Waals surface area contributed by atoms with Crippen LogP contribution in [0.15, 0.2) is 12.1 Å². The van der Waals surface area contributed by atoms with Crippen LogP contribution in [0.1, 0.15) is 42.4 Å². The molecule has 1 fully saturated rings. The van der Waals surface area contributed by atoms with Crippen molar-refractivity contribution in [2.75, 3.05) is 7.11 Å². The van der Waals surface area contributed by atoms with E-state index in [2.05, 4.69) is 12.1 Å². The number of rotatable bonds is 4. The lowest BCUT2D eigenvalue weighted by Crippen LogP contribution is -2.15. The summed E-state index contributed by atoms with van der Waals surface area (Å²) in [5, 5.41) is 9.07. The van der Waals surface area contributed by atoms with Crippen molar-refractivity contribution in [3.63, 3.8) is 0 Å². The molecule has 0 aromatic heterocycles. The molecular weight excluding hydrogens is 228 g/mol. The van der Waals surface area contributed by atoms with Gasteiger partial charge in [-0.05, 0) is 43.2 Å². The van der Waals surface area contributed by atoms with E-state index in [1.807, 2.05) is 0 Å². The minimum atomic E-state index is -0.713. The highest BCUT2D eigenvalue weighted by molar-refractivity contribution is 5.71. The normalized spacial score (nSPS) is 19.4. The smallest absolute Gasteiger partial charge is 0.304 e. The molecule has 1 aromatic rings. The van der Waals surface area contributed by atoms with Crippen LogP contribution in [0.4, 0.5) is 0 Å². The Morgan fingerprint density at radius 1 is 1.39 bits per heavy atom. The van der Waals surface area contributed by atoms with Gasteiger partial charge in [0.05, 0.1) is 13.5 Å². The highest BCUT2D eigenvalue weighted by atomic mass is 16.5. The minimum absolute atomic E-state index is 0.158. The zero-order valence-electron chi connectivity index (χ0n) is 10.7. The van der Waals surface area contributed by atoms with Crippen LogP contribution < -0.4 is 4.74 Å². The van der Waals surface area contributed by atoms with Crippen molar-refractivity contribution in [1.29, 1.82) is 0 Å². The number of carbonyl (C=O) groups is 1. The molecule has 0 saturated heterocycles. The number of fused-ring (bicyclic) bond motifs is 1. The Kier molecular flexibility index (Phi) is 2.58. The van der Waals surface area contributed by atoms with Crippen LogP contribution in [-0.2, 0) is 23.1 Å². The van der Waals surface area contributed by atoms with Crippen LogP contribution in [0.3, 0.4) is 0 Å². The lowest BCUT2D eigenvalue weighted by atomic mass is 9.89. The van der Waals surface area contributed by atoms with Gasteiger partial charge in [-0.1, -0.05) is 12.1 Å². The fraction of sp³-hybridized carbons (Fsp3) is 0.533. The van der Waals surface area contributed by atoms with E-state index in [1.54, 1.807) is 7.11 Å². The second-order valence-corrected chi connectivity index (χ2v) is 5.49. The SMILES string of the molecule is COc1c(C2(CC(=O)O)CC2)ccc2c1CCC2. The molecule has 0 amide bonds. The third kappa shape index (κ3) is 1.69. The molecule has 18 heavy (non-hydrogen) atoms.